The van der Waals surface area contributed by atoms with Crippen LogP contribution in [0.2, 0.25) is 5.02 Å². The first kappa shape index (κ1) is 17.3. The number of benzene rings is 1. The van der Waals surface area contributed by atoms with Crippen molar-refractivity contribution < 1.29 is 9.53 Å². The maximum absolute atomic E-state index is 12.3. The molecule has 1 N–H and O–H groups in total. The monoisotopic (exact) mass is 332 g/mol. The fraction of sp³-hybridized carbons (Fsp3) is 0.333. The highest BCUT2D eigenvalue weighted by atomic mass is 35.5. The molecular formula is C18H21ClN2O2. The van der Waals surface area contributed by atoms with Gasteiger partial charge in [0, 0.05) is 11.2 Å². The number of halogens is 1. The molecule has 1 heterocycles. The van der Waals surface area contributed by atoms with Crippen LogP contribution >= 0.6 is 11.6 Å². The minimum Gasteiger partial charge on any atom is -0.481 e. The zero-order valence-electron chi connectivity index (χ0n) is 13.6. The lowest BCUT2D eigenvalue weighted by atomic mass is 10.1. The number of hydrogen-bond acceptors (Lipinski definition) is 3. The van der Waals surface area contributed by atoms with Crippen molar-refractivity contribution in [2.75, 3.05) is 0 Å². The Balaban J connectivity index is 2.00. The number of rotatable bonds is 6. The number of aryl methyl sites for hydroxylation is 2. The molecule has 1 aromatic heterocycles. The van der Waals surface area contributed by atoms with E-state index >= 15 is 0 Å². The van der Waals surface area contributed by atoms with Gasteiger partial charge in [-0.3, -0.25) is 9.78 Å². The van der Waals surface area contributed by atoms with Crippen LogP contribution in [-0.4, -0.2) is 17.0 Å². The summed E-state index contributed by atoms with van der Waals surface area (Å²) in [6.45, 7) is 6.15. The van der Waals surface area contributed by atoms with Crippen LogP contribution < -0.4 is 10.1 Å². The highest BCUT2D eigenvalue weighted by Crippen LogP contribution is 2.26. The first-order valence-electron chi connectivity index (χ1n) is 7.62. The topological polar surface area (TPSA) is 51.2 Å². The molecule has 0 fully saturated rings. The van der Waals surface area contributed by atoms with Gasteiger partial charge in [-0.05, 0) is 55.7 Å². The Labute approximate surface area is 141 Å². The van der Waals surface area contributed by atoms with Crippen molar-refractivity contribution in [1.29, 1.82) is 0 Å². The number of carbonyl (C=O) groups is 1. The van der Waals surface area contributed by atoms with Crippen LogP contribution in [0.1, 0.15) is 30.2 Å². The summed E-state index contributed by atoms with van der Waals surface area (Å²) in [5, 5.41) is 3.59. The zero-order valence-corrected chi connectivity index (χ0v) is 14.4. The lowest BCUT2D eigenvalue weighted by Gasteiger charge is -2.18. The maximum Gasteiger partial charge on any atom is 0.261 e. The van der Waals surface area contributed by atoms with Crippen LogP contribution in [0.15, 0.2) is 36.5 Å². The van der Waals surface area contributed by atoms with Gasteiger partial charge in [-0.15, -0.1) is 0 Å². The summed E-state index contributed by atoms with van der Waals surface area (Å²) in [5.74, 6) is 0.507. The van der Waals surface area contributed by atoms with Crippen molar-refractivity contribution in [2.45, 2.75) is 39.8 Å². The average Bonchev–Trinajstić information content (AvgIpc) is 2.56. The molecule has 0 aliphatic heterocycles. The van der Waals surface area contributed by atoms with Crippen molar-refractivity contribution in [3.8, 4) is 5.75 Å². The van der Waals surface area contributed by atoms with Gasteiger partial charge in [-0.2, -0.15) is 0 Å². The Morgan fingerprint density at radius 1 is 1.30 bits per heavy atom. The number of carbonyl (C=O) groups excluding carboxylic acids is 1. The lowest BCUT2D eigenvalue weighted by molar-refractivity contribution is -0.128. The van der Waals surface area contributed by atoms with E-state index < -0.39 is 6.10 Å². The molecule has 1 atom stereocenters. The smallest absolute Gasteiger partial charge is 0.261 e. The molecule has 1 amide bonds. The molecule has 122 valence electrons. The van der Waals surface area contributed by atoms with Crippen molar-refractivity contribution in [1.82, 2.24) is 10.3 Å². The highest BCUT2D eigenvalue weighted by molar-refractivity contribution is 6.32. The fourth-order valence-corrected chi connectivity index (χ4v) is 2.36. The molecule has 0 aliphatic rings. The molecule has 1 aromatic carbocycles. The quantitative estimate of drug-likeness (QED) is 0.874. The van der Waals surface area contributed by atoms with Gasteiger partial charge in [-0.1, -0.05) is 24.6 Å². The van der Waals surface area contributed by atoms with Crippen LogP contribution in [0, 0.1) is 13.8 Å². The number of nitrogens with zero attached hydrogens (tertiary/aromatic N) is 1. The molecule has 0 radical (unpaired) electrons. The van der Waals surface area contributed by atoms with E-state index in [2.05, 4.69) is 10.3 Å². The van der Waals surface area contributed by atoms with Gasteiger partial charge in [0.25, 0.3) is 5.91 Å². The minimum atomic E-state index is -0.543. The van der Waals surface area contributed by atoms with Crippen molar-refractivity contribution in [3.63, 3.8) is 0 Å². The molecule has 0 saturated carbocycles. The predicted molar refractivity (Wildman–Crippen MR) is 91.7 cm³/mol. The summed E-state index contributed by atoms with van der Waals surface area (Å²) in [6.07, 6.45) is 1.74. The minimum absolute atomic E-state index is 0.150. The Morgan fingerprint density at radius 3 is 2.57 bits per heavy atom. The van der Waals surface area contributed by atoms with Gasteiger partial charge in [0.1, 0.15) is 5.75 Å². The van der Waals surface area contributed by atoms with Crippen molar-refractivity contribution in [2.24, 2.45) is 0 Å². The van der Waals surface area contributed by atoms with E-state index in [0.29, 0.717) is 18.7 Å². The number of hydrogen-bond donors (Lipinski definition) is 1. The fourth-order valence-electron chi connectivity index (χ4n) is 2.25. The van der Waals surface area contributed by atoms with Crippen LogP contribution in [0.4, 0.5) is 0 Å². The molecule has 0 bridgehead atoms. The average molecular weight is 333 g/mol. The molecule has 23 heavy (non-hydrogen) atoms. The molecule has 0 saturated heterocycles. The first-order chi connectivity index (χ1) is 11.0. The number of aromatic nitrogens is 1. The third-order valence-electron chi connectivity index (χ3n) is 3.52. The summed E-state index contributed by atoms with van der Waals surface area (Å²) in [7, 11) is 0. The number of nitrogens with one attached hydrogen (secondary N) is 1. The Morgan fingerprint density at radius 2 is 2.00 bits per heavy atom. The van der Waals surface area contributed by atoms with Crippen molar-refractivity contribution >= 4 is 17.5 Å². The van der Waals surface area contributed by atoms with Crippen LogP contribution in [0.3, 0.4) is 0 Å². The number of amides is 1. The van der Waals surface area contributed by atoms with E-state index in [1.807, 2.05) is 51.1 Å². The summed E-state index contributed by atoms with van der Waals surface area (Å²) >= 11 is 6.16. The van der Waals surface area contributed by atoms with Gasteiger partial charge >= 0.3 is 0 Å². The predicted octanol–water partition coefficient (Wildman–Crippen LogP) is 3.83. The SMILES string of the molecule is CCC(Oc1cc(C)c(Cl)c(C)c1)C(=O)NCc1ccccn1. The Hall–Kier alpha value is -2.07. The molecule has 1 unspecified atom stereocenters. The number of ether oxygens (including phenoxy) is 1. The lowest BCUT2D eigenvalue weighted by Crippen LogP contribution is -2.37. The standard InChI is InChI=1S/C18H21ClN2O2/c1-4-16(18(22)21-11-14-7-5-6-8-20-14)23-15-9-12(2)17(19)13(3)10-15/h5-10,16H,4,11H2,1-3H3,(H,21,22). The van der Waals surface area contributed by atoms with E-state index in [-0.39, 0.29) is 5.91 Å². The molecular weight excluding hydrogens is 312 g/mol. The second-order valence-electron chi connectivity index (χ2n) is 5.42. The van der Waals surface area contributed by atoms with E-state index in [9.17, 15) is 4.79 Å². The molecule has 2 rings (SSSR count). The molecule has 4 nitrogen and oxygen atoms in total. The second-order valence-corrected chi connectivity index (χ2v) is 5.80. The van der Waals surface area contributed by atoms with E-state index in [1.165, 1.54) is 0 Å². The molecule has 5 heteroatoms. The van der Waals surface area contributed by atoms with Gasteiger partial charge in [0.05, 0.1) is 12.2 Å². The van der Waals surface area contributed by atoms with Gasteiger partial charge in [0.2, 0.25) is 0 Å². The summed E-state index contributed by atoms with van der Waals surface area (Å²) in [4.78, 5) is 16.5. The van der Waals surface area contributed by atoms with Crippen LogP contribution in [0.5, 0.6) is 5.75 Å². The summed E-state index contributed by atoms with van der Waals surface area (Å²) in [6, 6.07) is 9.30. The Bertz CT molecular complexity index is 651. The van der Waals surface area contributed by atoms with E-state index in [0.717, 1.165) is 21.8 Å². The van der Waals surface area contributed by atoms with Crippen LogP contribution in [-0.2, 0) is 11.3 Å². The number of pyridine rings is 1. The van der Waals surface area contributed by atoms with Gasteiger partial charge in [0.15, 0.2) is 6.10 Å². The first-order valence-corrected chi connectivity index (χ1v) is 8.00. The Kier molecular flexibility index (Phi) is 5.99. The highest BCUT2D eigenvalue weighted by Gasteiger charge is 2.18. The van der Waals surface area contributed by atoms with E-state index in [4.69, 9.17) is 16.3 Å². The molecule has 0 aliphatic carbocycles. The van der Waals surface area contributed by atoms with E-state index in [1.54, 1.807) is 6.20 Å². The third-order valence-corrected chi connectivity index (χ3v) is 4.12. The van der Waals surface area contributed by atoms with Gasteiger partial charge in [-0.25, -0.2) is 0 Å². The summed E-state index contributed by atoms with van der Waals surface area (Å²) < 4.78 is 5.84. The van der Waals surface area contributed by atoms with Crippen molar-refractivity contribution in [3.05, 3.63) is 58.4 Å². The summed E-state index contributed by atoms with van der Waals surface area (Å²) in [5.41, 5.74) is 2.68. The normalized spacial score (nSPS) is 11.8. The zero-order chi connectivity index (χ0) is 16.8. The second kappa shape index (κ2) is 7.97. The molecule has 0 spiro atoms. The molecule has 2 aromatic rings. The van der Waals surface area contributed by atoms with Crippen LogP contribution in [0.25, 0.3) is 0 Å². The maximum atomic E-state index is 12.3. The largest absolute Gasteiger partial charge is 0.481 e. The van der Waals surface area contributed by atoms with Gasteiger partial charge < -0.3 is 10.1 Å². The third kappa shape index (κ3) is 4.70.